The van der Waals surface area contributed by atoms with Crippen LogP contribution in [0.4, 0.5) is 15.8 Å². The van der Waals surface area contributed by atoms with E-state index in [1.807, 2.05) is 30.9 Å². The molecule has 7 heteroatoms. The van der Waals surface area contributed by atoms with Gasteiger partial charge in [-0.25, -0.2) is 4.39 Å². The number of fused-ring (bicyclic) bond motifs is 1. The van der Waals surface area contributed by atoms with Gasteiger partial charge in [0.25, 0.3) is 0 Å². The van der Waals surface area contributed by atoms with E-state index in [4.69, 9.17) is 5.73 Å². The Kier molecular flexibility index (Phi) is 7.28. The Balaban J connectivity index is 0.00000306. The maximum atomic E-state index is 14.8. The summed E-state index contributed by atoms with van der Waals surface area (Å²) in [5.74, 6) is -0.139. The minimum atomic E-state index is -0.274. The van der Waals surface area contributed by atoms with Crippen LogP contribution in [0.25, 0.3) is 16.5 Å². The quantitative estimate of drug-likeness (QED) is 0.474. The summed E-state index contributed by atoms with van der Waals surface area (Å²) in [6.45, 7) is 8.57. The number of carbonyl (C=O) groups is 1. The van der Waals surface area contributed by atoms with Crippen molar-refractivity contribution in [2.45, 2.75) is 40.2 Å². The van der Waals surface area contributed by atoms with Gasteiger partial charge in [-0.05, 0) is 74.2 Å². The molecule has 0 bridgehead atoms. The van der Waals surface area contributed by atoms with Crippen LogP contribution in [0, 0.1) is 19.7 Å². The van der Waals surface area contributed by atoms with Gasteiger partial charge in [-0.2, -0.15) is 0 Å². The van der Waals surface area contributed by atoms with Gasteiger partial charge in [0.1, 0.15) is 5.82 Å². The number of hydrogen-bond donors (Lipinski definition) is 2. The largest absolute Gasteiger partial charge is 0.399 e. The summed E-state index contributed by atoms with van der Waals surface area (Å²) in [6, 6.07) is 11.3. The molecule has 0 aliphatic carbocycles. The molecule has 0 fully saturated rings. The highest BCUT2D eigenvalue weighted by Crippen LogP contribution is 2.32. The van der Waals surface area contributed by atoms with E-state index in [0.29, 0.717) is 23.4 Å². The maximum Gasteiger partial charge on any atom is 0.219 e. The van der Waals surface area contributed by atoms with Gasteiger partial charge in [-0.1, -0.05) is 12.1 Å². The Hall–Kier alpha value is -3.12. The lowest BCUT2D eigenvalue weighted by Crippen LogP contribution is -2.32. The van der Waals surface area contributed by atoms with Crippen LogP contribution in [-0.2, 0) is 4.79 Å². The third-order valence-electron chi connectivity index (χ3n) is 6.11. The van der Waals surface area contributed by atoms with Gasteiger partial charge < -0.3 is 16.0 Å². The van der Waals surface area contributed by atoms with Crippen LogP contribution in [0.2, 0.25) is 0 Å². The molecule has 1 atom stereocenters. The van der Waals surface area contributed by atoms with Crippen molar-refractivity contribution in [3.05, 3.63) is 70.7 Å². The highest BCUT2D eigenvalue weighted by atomic mass is 35.5. The van der Waals surface area contributed by atoms with Crippen molar-refractivity contribution >= 4 is 46.2 Å². The summed E-state index contributed by atoms with van der Waals surface area (Å²) in [7, 11) is 0. The minimum Gasteiger partial charge on any atom is -0.399 e. The van der Waals surface area contributed by atoms with Gasteiger partial charge in [0.05, 0.1) is 11.6 Å². The first-order valence-electron chi connectivity index (χ1n) is 10.9. The van der Waals surface area contributed by atoms with Gasteiger partial charge in [-0.15, -0.1) is 12.4 Å². The molecule has 33 heavy (non-hydrogen) atoms. The topological polar surface area (TPSA) is 71.2 Å². The fraction of sp³-hybridized carbons (Fsp3) is 0.308. The van der Waals surface area contributed by atoms with E-state index in [1.165, 1.54) is 5.57 Å². The number of rotatable bonds is 4. The van der Waals surface area contributed by atoms with Crippen molar-refractivity contribution in [1.82, 2.24) is 9.88 Å². The predicted molar refractivity (Wildman–Crippen MR) is 136 cm³/mol. The molecular formula is C26H30ClFN4O. The normalized spacial score (nSPS) is 14.5. The zero-order chi connectivity index (χ0) is 23.0. The van der Waals surface area contributed by atoms with Crippen molar-refractivity contribution in [2.24, 2.45) is 0 Å². The Bertz CT molecular complexity index is 1240. The van der Waals surface area contributed by atoms with Crippen LogP contribution >= 0.6 is 12.4 Å². The highest BCUT2D eigenvalue weighted by Gasteiger charge is 2.18. The molecule has 174 valence electrons. The van der Waals surface area contributed by atoms with Crippen molar-refractivity contribution in [2.75, 3.05) is 24.1 Å². The molecule has 0 saturated carbocycles. The van der Waals surface area contributed by atoms with E-state index in [0.717, 1.165) is 40.8 Å². The number of amides is 1. The summed E-state index contributed by atoms with van der Waals surface area (Å²) in [6.07, 6.45) is 2.94. The summed E-state index contributed by atoms with van der Waals surface area (Å²) in [5, 5.41) is 4.46. The van der Waals surface area contributed by atoms with E-state index < -0.39 is 0 Å². The number of nitrogens with two attached hydrogens (primary N) is 1. The zero-order valence-electron chi connectivity index (χ0n) is 19.4. The van der Waals surface area contributed by atoms with Crippen LogP contribution in [0.5, 0.6) is 0 Å². The number of benzene rings is 2. The molecule has 1 aliphatic heterocycles. The summed E-state index contributed by atoms with van der Waals surface area (Å²) in [5.41, 5.74) is 12.6. The van der Waals surface area contributed by atoms with Crippen LogP contribution < -0.4 is 11.1 Å². The molecule has 0 radical (unpaired) electrons. The molecule has 2 heterocycles. The third kappa shape index (κ3) is 5.11. The highest BCUT2D eigenvalue weighted by molar-refractivity contribution is 5.94. The van der Waals surface area contributed by atoms with Crippen molar-refractivity contribution < 1.29 is 9.18 Å². The number of anilines is 2. The number of pyridine rings is 1. The number of hydrogen-bond acceptors (Lipinski definition) is 4. The zero-order valence-corrected chi connectivity index (χ0v) is 20.2. The van der Waals surface area contributed by atoms with Crippen molar-refractivity contribution in [3.63, 3.8) is 0 Å². The van der Waals surface area contributed by atoms with E-state index in [-0.39, 0.29) is 30.2 Å². The lowest BCUT2D eigenvalue weighted by molar-refractivity contribution is -0.128. The Morgan fingerprint density at radius 2 is 1.97 bits per heavy atom. The second kappa shape index (κ2) is 9.79. The molecule has 2 aromatic carbocycles. The SMILES string of the molecule is CC(=O)N1CC=C(c2ccc3nc(C)cc(N[C@H](C)c4cc(N)cc(C)c4F)c3c2)CC1.Cl. The molecular weight excluding hydrogens is 439 g/mol. The Morgan fingerprint density at radius 1 is 1.21 bits per heavy atom. The first-order valence-corrected chi connectivity index (χ1v) is 10.9. The lowest BCUT2D eigenvalue weighted by atomic mass is 9.97. The van der Waals surface area contributed by atoms with E-state index in [2.05, 4.69) is 28.5 Å². The summed E-state index contributed by atoms with van der Waals surface area (Å²) < 4.78 is 14.8. The fourth-order valence-corrected chi connectivity index (χ4v) is 4.35. The standard InChI is InChI=1S/C26H29FN4O.ClH/c1-15-11-21(28)14-22(26(15)27)17(3)30-25-12-16(2)29-24-6-5-20(13-23(24)25)19-7-9-31(10-8-19)18(4)32;/h5-7,11-14,17H,8-10,28H2,1-4H3,(H,29,30);1H/t17-;/m1./s1. The molecule has 1 aromatic heterocycles. The van der Waals surface area contributed by atoms with E-state index in [1.54, 1.807) is 26.0 Å². The summed E-state index contributed by atoms with van der Waals surface area (Å²) in [4.78, 5) is 18.1. The minimum absolute atomic E-state index is 0. The molecule has 1 amide bonds. The average Bonchev–Trinajstić information content (AvgIpc) is 2.76. The number of nitrogens with one attached hydrogen (secondary N) is 1. The number of halogens is 2. The number of nitrogens with zero attached hydrogens (tertiary/aromatic N) is 2. The molecule has 0 spiro atoms. The second-order valence-electron chi connectivity index (χ2n) is 8.59. The third-order valence-corrected chi connectivity index (χ3v) is 6.11. The smallest absolute Gasteiger partial charge is 0.219 e. The molecule has 3 aromatic rings. The van der Waals surface area contributed by atoms with Gasteiger partial charge >= 0.3 is 0 Å². The monoisotopic (exact) mass is 468 g/mol. The molecule has 4 rings (SSSR count). The van der Waals surface area contributed by atoms with E-state index in [9.17, 15) is 9.18 Å². The van der Waals surface area contributed by atoms with E-state index >= 15 is 0 Å². The fourth-order valence-electron chi connectivity index (χ4n) is 4.35. The number of carbonyl (C=O) groups excluding carboxylic acids is 1. The van der Waals surface area contributed by atoms with Crippen molar-refractivity contribution in [3.8, 4) is 0 Å². The lowest BCUT2D eigenvalue weighted by Gasteiger charge is -2.25. The Morgan fingerprint density at radius 3 is 2.64 bits per heavy atom. The van der Waals surface area contributed by atoms with Crippen molar-refractivity contribution in [1.29, 1.82) is 0 Å². The predicted octanol–water partition coefficient (Wildman–Crippen LogP) is 5.80. The van der Waals surface area contributed by atoms with Gasteiger partial charge in [-0.3, -0.25) is 9.78 Å². The summed E-state index contributed by atoms with van der Waals surface area (Å²) >= 11 is 0. The first kappa shape index (κ1) is 24.5. The average molecular weight is 469 g/mol. The van der Waals surface area contributed by atoms with Gasteiger partial charge in [0.2, 0.25) is 5.91 Å². The number of aryl methyl sites for hydroxylation is 2. The van der Waals surface area contributed by atoms with Crippen LogP contribution in [-0.4, -0.2) is 28.9 Å². The molecule has 3 N–H and O–H groups in total. The number of nitrogen functional groups attached to an aromatic ring is 1. The van der Waals surface area contributed by atoms with Crippen LogP contribution in [0.3, 0.4) is 0 Å². The molecule has 5 nitrogen and oxygen atoms in total. The van der Waals surface area contributed by atoms with Gasteiger partial charge in [0.15, 0.2) is 0 Å². The molecule has 0 saturated heterocycles. The maximum absolute atomic E-state index is 14.8. The first-order chi connectivity index (χ1) is 15.2. The molecule has 0 unspecified atom stereocenters. The van der Waals surface area contributed by atoms with Crippen LogP contribution in [0.15, 0.2) is 42.5 Å². The Labute approximate surface area is 200 Å². The van der Waals surface area contributed by atoms with Crippen LogP contribution in [0.1, 0.15) is 48.7 Å². The number of aromatic nitrogens is 1. The molecule has 1 aliphatic rings. The second-order valence-corrected chi connectivity index (χ2v) is 8.59. The van der Waals surface area contributed by atoms with Gasteiger partial charge in [0, 0.05) is 48.0 Å².